The van der Waals surface area contributed by atoms with Gasteiger partial charge in [0.05, 0.1) is 6.04 Å². The first-order valence-corrected chi connectivity index (χ1v) is 9.19. The molecule has 0 unspecified atom stereocenters. The van der Waals surface area contributed by atoms with Crippen LogP contribution in [0.3, 0.4) is 0 Å². The highest BCUT2D eigenvalue weighted by Gasteiger charge is 2.32. The van der Waals surface area contributed by atoms with Gasteiger partial charge in [0.2, 0.25) is 5.91 Å². The number of aromatic nitrogens is 1. The number of ether oxygens (including phenoxy) is 1. The van der Waals surface area contributed by atoms with Gasteiger partial charge in [-0.15, -0.1) is 0 Å². The Morgan fingerprint density at radius 1 is 1.20 bits per heavy atom. The summed E-state index contributed by atoms with van der Waals surface area (Å²) in [5, 5.41) is 6.43. The fourth-order valence-corrected chi connectivity index (χ4v) is 3.13. The van der Waals surface area contributed by atoms with Crippen LogP contribution in [-0.4, -0.2) is 29.6 Å². The number of carbonyl (C=O) groups is 2. The lowest BCUT2D eigenvalue weighted by atomic mass is 10.2. The van der Waals surface area contributed by atoms with Crippen molar-refractivity contribution < 1.29 is 27.6 Å². The van der Waals surface area contributed by atoms with Crippen LogP contribution in [0.25, 0.3) is 0 Å². The molecule has 4 rings (SSSR count). The van der Waals surface area contributed by atoms with Gasteiger partial charge in [-0.25, -0.2) is 8.78 Å². The monoisotopic (exact) mass is 413 g/mol. The second kappa shape index (κ2) is 8.32. The molecule has 7 nitrogen and oxygen atoms in total. The van der Waals surface area contributed by atoms with E-state index in [2.05, 4.69) is 10.5 Å². The molecule has 2 aromatic carbocycles. The maximum absolute atomic E-state index is 13.6. The number of rotatable bonds is 6. The quantitative estimate of drug-likeness (QED) is 0.672. The van der Waals surface area contributed by atoms with Gasteiger partial charge in [0, 0.05) is 24.7 Å². The van der Waals surface area contributed by atoms with Crippen LogP contribution in [-0.2, 0) is 11.4 Å². The lowest BCUT2D eigenvalue weighted by Crippen LogP contribution is -2.37. The summed E-state index contributed by atoms with van der Waals surface area (Å²) in [5.74, 6) is -1.27. The van der Waals surface area contributed by atoms with Gasteiger partial charge >= 0.3 is 0 Å². The summed E-state index contributed by atoms with van der Waals surface area (Å²) in [4.78, 5) is 26.1. The highest BCUT2D eigenvalue weighted by Crippen LogP contribution is 2.22. The van der Waals surface area contributed by atoms with Crippen molar-refractivity contribution in [2.45, 2.75) is 19.1 Å². The number of halogens is 2. The number of carbonyl (C=O) groups excluding carboxylic acids is 2. The molecular formula is C21H17F2N3O4. The Morgan fingerprint density at radius 2 is 1.97 bits per heavy atom. The van der Waals surface area contributed by atoms with Crippen molar-refractivity contribution in [2.24, 2.45) is 0 Å². The Hall–Kier alpha value is -3.75. The van der Waals surface area contributed by atoms with Gasteiger partial charge in [-0.2, -0.15) is 0 Å². The second-order valence-corrected chi connectivity index (χ2v) is 6.75. The Kier molecular flexibility index (Phi) is 5.42. The molecule has 1 fully saturated rings. The molecule has 30 heavy (non-hydrogen) atoms. The number of nitrogens with zero attached hydrogens (tertiary/aromatic N) is 2. The van der Waals surface area contributed by atoms with Crippen LogP contribution in [0.15, 0.2) is 59.1 Å². The highest BCUT2D eigenvalue weighted by molar-refractivity contribution is 5.98. The first kappa shape index (κ1) is 19.6. The van der Waals surface area contributed by atoms with E-state index in [0.29, 0.717) is 5.69 Å². The second-order valence-electron chi connectivity index (χ2n) is 6.75. The standard InChI is InChI=1S/C21H17F2N3O4/c22-13-5-7-15(8-6-13)26-11-14(9-20(26)27)24-21(28)18-10-16(30-25-18)12-29-19-4-2-1-3-17(19)23/h1-8,10,14H,9,11-12H2,(H,24,28)/t14-/m0/s1. The van der Waals surface area contributed by atoms with Crippen LogP contribution in [0, 0.1) is 11.6 Å². The summed E-state index contributed by atoms with van der Waals surface area (Å²) in [7, 11) is 0. The largest absolute Gasteiger partial charge is 0.482 e. The van der Waals surface area contributed by atoms with Crippen LogP contribution in [0.4, 0.5) is 14.5 Å². The summed E-state index contributed by atoms with van der Waals surface area (Å²) in [6.45, 7) is 0.165. The molecule has 2 amide bonds. The number of hydrogen-bond donors (Lipinski definition) is 1. The molecule has 154 valence electrons. The van der Waals surface area contributed by atoms with Crippen molar-refractivity contribution in [2.75, 3.05) is 11.4 Å². The lowest BCUT2D eigenvalue weighted by molar-refractivity contribution is -0.117. The average Bonchev–Trinajstić information content (AvgIpc) is 3.35. The molecule has 1 aromatic heterocycles. The Bertz CT molecular complexity index is 1070. The number of nitrogens with one attached hydrogen (secondary N) is 1. The Morgan fingerprint density at radius 3 is 2.73 bits per heavy atom. The average molecular weight is 413 g/mol. The number of benzene rings is 2. The van der Waals surface area contributed by atoms with Crippen LogP contribution in [0.5, 0.6) is 5.75 Å². The Labute approximate surface area is 170 Å². The molecule has 1 saturated heterocycles. The zero-order chi connectivity index (χ0) is 21.1. The molecule has 1 atom stereocenters. The SMILES string of the molecule is O=C(N[C@H]1CC(=O)N(c2ccc(F)cc2)C1)c1cc(COc2ccccc2F)on1. The highest BCUT2D eigenvalue weighted by atomic mass is 19.1. The maximum Gasteiger partial charge on any atom is 0.273 e. The van der Waals surface area contributed by atoms with Crippen molar-refractivity contribution in [1.29, 1.82) is 0 Å². The van der Waals surface area contributed by atoms with Crippen molar-refractivity contribution in [3.8, 4) is 5.75 Å². The molecule has 0 spiro atoms. The third-order valence-electron chi connectivity index (χ3n) is 4.60. The minimum atomic E-state index is -0.508. The smallest absolute Gasteiger partial charge is 0.273 e. The predicted octanol–water partition coefficient (Wildman–Crippen LogP) is 3.07. The number of para-hydroxylation sites is 1. The van der Waals surface area contributed by atoms with Crippen LogP contribution in [0.2, 0.25) is 0 Å². The van der Waals surface area contributed by atoms with E-state index in [0.717, 1.165) is 0 Å². The van der Waals surface area contributed by atoms with E-state index < -0.39 is 23.6 Å². The van der Waals surface area contributed by atoms with Gasteiger partial charge < -0.3 is 19.5 Å². The normalized spacial score (nSPS) is 16.0. The zero-order valence-electron chi connectivity index (χ0n) is 15.7. The maximum atomic E-state index is 13.6. The molecule has 3 aromatic rings. The lowest BCUT2D eigenvalue weighted by Gasteiger charge is -2.17. The molecule has 0 bridgehead atoms. The van der Waals surface area contributed by atoms with Gasteiger partial charge in [0.25, 0.3) is 5.91 Å². The van der Waals surface area contributed by atoms with Crippen LogP contribution < -0.4 is 15.0 Å². The molecule has 2 heterocycles. The topological polar surface area (TPSA) is 84.7 Å². The van der Waals surface area contributed by atoms with E-state index in [1.54, 1.807) is 12.1 Å². The van der Waals surface area contributed by atoms with Crippen molar-refractivity contribution in [3.63, 3.8) is 0 Å². The van der Waals surface area contributed by atoms with Gasteiger partial charge in [-0.1, -0.05) is 17.3 Å². The number of hydrogen-bond acceptors (Lipinski definition) is 5. The molecular weight excluding hydrogens is 396 g/mol. The molecule has 1 N–H and O–H groups in total. The minimum Gasteiger partial charge on any atom is -0.482 e. The zero-order valence-corrected chi connectivity index (χ0v) is 15.7. The fourth-order valence-electron chi connectivity index (χ4n) is 3.13. The molecule has 1 aliphatic heterocycles. The minimum absolute atomic E-state index is 0.0230. The van der Waals surface area contributed by atoms with E-state index in [9.17, 15) is 18.4 Å². The van der Waals surface area contributed by atoms with Crippen molar-refractivity contribution in [1.82, 2.24) is 10.5 Å². The van der Waals surface area contributed by atoms with Gasteiger partial charge in [-0.05, 0) is 36.4 Å². The first-order chi connectivity index (χ1) is 14.5. The third kappa shape index (κ3) is 4.29. The van der Waals surface area contributed by atoms with Crippen LogP contribution in [0.1, 0.15) is 22.7 Å². The predicted molar refractivity (Wildman–Crippen MR) is 102 cm³/mol. The van der Waals surface area contributed by atoms with E-state index in [4.69, 9.17) is 9.26 Å². The van der Waals surface area contributed by atoms with E-state index in [1.165, 1.54) is 47.4 Å². The van der Waals surface area contributed by atoms with Crippen LogP contribution >= 0.6 is 0 Å². The number of amides is 2. The van der Waals surface area contributed by atoms with Gasteiger partial charge in [0.1, 0.15) is 12.4 Å². The molecule has 9 heteroatoms. The molecule has 1 aliphatic rings. The summed E-state index contributed by atoms with van der Waals surface area (Å²) in [6.07, 6.45) is 0.115. The Balaban J connectivity index is 1.34. The fraction of sp³-hybridized carbons (Fsp3) is 0.190. The molecule has 0 aliphatic carbocycles. The molecule has 0 radical (unpaired) electrons. The summed E-state index contributed by atoms with van der Waals surface area (Å²) >= 11 is 0. The number of anilines is 1. The third-order valence-corrected chi connectivity index (χ3v) is 4.60. The molecule has 0 saturated carbocycles. The van der Waals surface area contributed by atoms with Crippen molar-refractivity contribution >= 4 is 17.5 Å². The summed E-state index contributed by atoms with van der Waals surface area (Å²) < 4.78 is 37.0. The van der Waals surface area contributed by atoms with E-state index in [-0.39, 0.29) is 42.7 Å². The summed E-state index contributed by atoms with van der Waals surface area (Å²) in [5.41, 5.74) is 0.585. The van der Waals surface area contributed by atoms with E-state index in [1.807, 2.05) is 0 Å². The van der Waals surface area contributed by atoms with E-state index >= 15 is 0 Å². The van der Waals surface area contributed by atoms with Gasteiger partial charge in [0.15, 0.2) is 23.0 Å². The summed E-state index contributed by atoms with van der Waals surface area (Å²) in [6, 6.07) is 12.5. The van der Waals surface area contributed by atoms with Gasteiger partial charge in [-0.3, -0.25) is 9.59 Å². The van der Waals surface area contributed by atoms with Crippen molar-refractivity contribution in [3.05, 3.63) is 77.7 Å². The first-order valence-electron chi connectivity index (χ1n) is 9.19.